The van der Waals surface area contributed by atoms with E-state index in [0.717, 1.165) is 5.75 Å². The Hall–Kier alpha value is -1.26. The van der Waals surface area contributed by atoms with Crippen molar-refractivity contribution >= 4 is 18.3 Å². The largest absolute Gasteiger partial charge is 0.497 e. The lowest BCUT2D eigenvalue weighted by atomic mass is 10.1. The number of hydrogen-bond acceptors (Lipinski definition) is 3. The van der Waals surface area contributed by atoms with E-state index in [4.69, 9.17) is 10.5 Å². The molecule has 0 saturated carbocycles. The van der Waals surface area contributed by atoms with Crippen LogP contribution in [0.4, 0.5) is 0 Å². The van der Waals surface area contributed by atoms with E-state index in [1.807, 2.05) is 6.92 Å². The number of carbonyl (C=O) groups is 1. The lowest BCUT2D eigenvalue weighted by molar-refractivity contribution is 0.0948. The van der Waals surface area contributed by atoms with Crippen molar-refractivity contribution < 1.29 is 9.53 Å². The molecule has 3 N–H and O–H groups in total. The van der Waals surface area contributed by atoms with Gasteiger partial charge in [0.2, 0.25) is 0 Å². The van der Waals surface area contributed by atoms with Gasteiger partial charge in [0.1, 0.15) is 5.75 Å². The molecule has 0 saturated heterocycles. The Bertz CT molecular complexity index is 341. The molecule has 4 nitrogen and oxygen atoms in total. The predicted octanol–water partition coefficient (Wildman–Crippen LogP) is 1.44. The molecule has 1 unspecified atom stereocenters. The van der Waals surface area contributed by atoms with Crippen molar-refractivity contribution in [3.63, 3.8) is 0 Å². The Balaban J connectivity index is 0.00000256. The second kappa shape index (κ2) is 7.92. The number of rotatable bonds is 5. The van der Waals surface area contributed by atoms with Crippen molar-refractivity contribution in [2.75, 3.05) is 20.2 Å². The van der Waals surface area contributed by atoms with E-state index >= 15 is 0 Å². The average Bonchev–Trinajstić information content (AvgIpc) is 2.35. The van der Waals surface area contributed by atoms with Gasteiger partial charge in [0.15, 0.2) is 0 Å². The van der Waals surface area contributed by atoms with Crippen molar-refractivity contribution in [1.82, 2.24) is 5.32 Å². The molecule has 0 radical (unpaired) electrons. The topological polar surface area (TPSA) is 64.3 Å². The Kier molecular flexibility index (Phi) is 7.34. The van der Waals surface area contributed by atoms with Crippen molar-refractivity contribution in [3.8, 4) is 5.75 Å². The molecule has 1 atom stereocenters. The number of nitrogens with one attached hydrogen (secondary N) is 1. The zero-order valence-corrected chi connectivity index (χ0v) is 10.9. The number of hydrogen-bond donors (Lipinski definition) is 2. The first kappa shape index (κ1) is 15.7. The summed E-state index contributed by atoms with van der Waals surface area (Å²) in [6.07, 6.45) is 0. The van der Waals surface area contributed by atoms with Crippen molar-refractivity contribution in [2.45, 2.75) is 6.92 Å². The first-order valence-corrected chi connectivity index (χ1v) is 5.29. The molecule has 1 aromatic carbocycles. The Morgan fingerprint density at radius 3 is 2.47 bits per heavy atom. The number of amides is 1. The molecular formula is C12H19ClN2O2. The van der Waals surface area contributed by atoms with Gasteiger partial charge in [-0.15, -0.1) is 12.4 Å². The number of nitrogens with two attached hydrogens (primary N) is 1. The normalized spacial score (nSPS) is 11.2. The quantitative estimate of drug-likeness (QED) is 0.840. The summed E-state index contributed by atoms with van der Waals surface area (Å²) in [5.41, 5.74) is 6.10. The zero-order chi connectivity index (χ0) is 12.0. The molecule has 96 valence electrons. The van der Waals surface area contributed by atoms with Crippen LogP contribution in [0.5, 0.6) is 5.75 Å². The fourth-order valence-electron chi connectivity index (χ4n) is 1.19. The number of methoxy groups -OCH3 is 1. The maximum Gasteiger partial charge on any atom is 0.251 e. The number of halogens is 1. The van der Waals surface area contributed by atoms with Gasteiger partial charge in [-0.05, 0) is 36.7 Å². The van der Waals surface area contributed by atoms with Crippen LogP contribution >= 0.6 is 12.4 Å². The van der Waals surface area contributed by atoms with E-state index < -0.39 is 0 Å². The summed E-state index contributed by atoms with van der Waals surface area (Å²) in [6.45, 7) is 3.17. The van der Waals surface area contributed by atoms with Crippen LogP contribution in [0.15, 0.2) is 24.3 Å². The molecule has 1 rings (SSSR count). The SMILES string of the molecule is COc1ccc(C(=O)NCC(C)CN)cc1.Cl. The molecule has 0 heterocycles. The summed E-state index contributed by atoms with van der Waals surface area (Å²) in [5, 5.41) is 2.83. The van der Waals surface area contributed by atoms with E-state index in [2.05, 4.69) is 5.32 Å². The van der Waals surface area contributed by atoms with Gasteiger partial charge < -0.3 is 15.8 Å². The van der Waals surface area contributed by atoms with Crippen LogP contribution in [-0.4, -0.2) is 26.1 Å². The molecule has 17 heavy (non-hydrogen) atoms. The highest BCUT2D eigenvalue weighted by Crippen LogP contribution is 2.11. The van der Waals surface area contributed by atoms with Gasteiger partial charge >= 0.3 is 0 Å². The minimum absolute atomic E-state index is 0. The van der Waals surface area contributed by atoms with Gasteiger partial charge in [0.05, 0.1) is 7.11 Å². The number of benzene rings is 1. The average molecular weight is 259 g/mol. The summed E-state index contributed by atoms with van der Waals surface area (Å²) in [5.74, 6) is 0.956. The summed E-state index contributed by atoms with van der Waals surface area (Å²) < 4.78 is 5.02. The second-order valence-electron chi connectivity index (χ2n) is 3.78. The lowest BCUT2D eigenvalue weighted by Crippen LogP contribution is -2.31. The predicted molar refractivity (Wildman–Crippen MR) is 70.8 cm³/mol. The first-order chi connectivity index (χ1) is 7.67. The van der Waals surface area contributed by atoms with Crippen LogP contribution in [0.1, 0.15) is 17.3 Å². The fraction of sp³-hybridized carbons (Fsp3) is 0.417. The molecular weight excluding hydrogens is 240 g/mol. The Morgan fingerprint density at radius 2 is 2.00 bits per heavy atom. The van der Waals surface area contributed by atoms with Crippen molar-refractivity contribution in [2.24, 2.45) is 11.7 Å². The maximum atomic E-state index is 11.7. The monoisotopic (exact) mass is 258 g/mol. The van der Waals surface area contributed by atoms with Crippen molar-refractivity contribution in [3.05, 3.63) is 29.8 Å². The summed E-state index contributed by atoms with van der Waals surface area (Å²) in [7, 11) is 1.60. The molecule has 0 aliphatic carbocycles. The zero-order valence-electron chi connectivity index (χ0n) is 10.1. The van der Waals surface area contributed by atoms with Gasteiger partial charge in [-0.2, -0.15) is 0 Å². The molecule has 1 amide bonds. The molecule has 0 spiro atoms. The third kappa shape index (κ3) is 5.06. The van der Waals surface area contributed by atoms with Crippen LogP contribution in [0.25, 0.3) is 0 Å². The van der Waals surface area contributed by atoms with E-state index in [0.29, 0.717) is 24.6 Å². The second-order valence-corrected chi connectivity index (χ2v) is 3.78. The van der Waals surface area contributed by atoms with Gasteiger partial charge in [0.25, 0.3) is 5.91 Å². The molecule has 0 bridgehead atoms. The minimum atomic E-state index is -0.0806. The minimum Gasteiger partial charge on any atom is -0.497 e. The first-order valence-electron chi connectivity index (χ1n) is 5.29. The van der Waals surface area contributed by atoms with E-state index in [1.165, 1.54) is 0 Å². The van der Waals surface area contributed by atoms with Crippen molar-refractivity contribution in [1.29, 1.82) is 0 Å². The molecule has 0 aromatic heterocycles. The fourth-order valence-corrected chi connectivity index (χ4v) is 1.19. The highest BCUT2D eigenvalue weighted by atomic mass is 35.5. The molecule has 0 aliphatic heterocycles. The summed E-state index contributed by atoms with van der Waals surface area (Å²) in [6, 6.07) is 7.01. The summed E-state index contributed by atoms with van der Waals surface area (Å²) in [4.78, 5) is 11.7. The smallest absolute Gasteiger partial charge is 0.251 e. The van der Waals surface area contributed by atoms with E-state index in [9.17, 15) is 4.79 Å². The Morgan fingerprint density at radius 1 is 1.41 bits per heavy atom. The van der Waals surface area contributed by atoms with Crippen LogP contribution in [0.2, 0.25) is 0 Å². The van der Waals surface area contributed by atoms with E-state index in [-0.39, 0.29) is 18.3 Å². The summed E-state index contributed by atoms with van der Waals surface area (Å²) >= 11 is 0. The molecule has 0 aliphatic rings. The van der Waals surface area contributed by atoms with Gasteiger partial charge in [-0.3, -0.25) is 4.79 Å². The number of ether oxygens (including phenoxy) is 1. The van der Waals surface area contributed by atoms with Gasteiger partial charge in [-0.25, -0.2) is 0 Å². The molecule has 1 aromatic rings. The van der Waals surface area contributed by atoms with Gasteiger partial charge in [-0.1, -0.05) is 6.92 Å². The Labute approximate surface area is 108 Å². The molecule has 0 fully saturated rings. The van der Waals surface area contributed by atoms with Crippen LogP contribution in [0, 0.1) is 5.92 Å². The number of carbonyl (C=O) groups excluding carboxylic acids is 1. The molecule has 5 heteroatoms. The highest BCUT2D eigenvalue weighted by molar-refractivity contribution is 5.94. The van der Waals surface area contributed by atoms with Gasteiger partial charge in [0, 0.05) is 12.1 Å². The lowest BCUT2D eigenvalue weighted by Gasteiger charge is -2.10. The van der Waals surface area contributed by atoms with Crippen LogP contribution < -0.4 is 15.8 Å². The standard InChI is InChI=1S/C12H18N2O2.ClH/c1-9(7-13)8-14-12(15)10-3-5-11(16-2)6-4-10;/h3-6,9H,7-8,13H2,1-2H3,(H,14,15);1H. The third-order valence-corrected chi connectivity index (χ3v) is 2.37. The van der Waals surface area contributed by atoms with Crippen LogP contribution in [-0.2, 0) is 0 Å². The van der Waals surface area contributed by atoms with E-state index in [1.54, 1.807) is 31.4 Å². The van der Waals surface area contributed by atoms with Crippen LogP contribution in [0.3, 0.4) is 0 Å². The third-order valence-electron chi connectivity index (χ3n) is 2.37. The highest BCUT2D eigenvalue weighted by Gasteiger charge is 2.06. The maximum absolute atomic E-state index is 11.7.